The Morgan fingerprint density at radius 1 is 1.25 bits per heavy atom. The summed E-state index contributed by atoms with van der Waals surface area (Å²) < 4.78 is 1.84. The van der Waals surface area contributed by atoms with Crippen LogP contribution in [0.1, 0.15) is 0 Å². The topological polar surface area (TPSA) is 72.7 Å². The van der Waals surface area contributed by atoms with Crippen LogP contribution >= 0.6 is 23.4 Å². The molecular weight excluding hydrogens is 346 g/mol. The lowest BCUT2D eigenvalue weighted by molar-refractivity contribution is -0.113. The standard InChI is InChI=1S/C16H14ClN5OS/c1-22-15(11-3-2-8-18-9-11)20-21-16(22)24-10-14(23)19-13-6-4-12(17)5-7-13/h2-9H,10H2,1H3,(H,19,23). The molecule has 1 aromatic carbocycles. The molecular formula is C16H14ClN5OS. The third-order valence-electron chi connectivity index (χ3n) is 3.21. The number of aromatic nitrogens is 4. The van der Waals surface area contributed by atoms with Crippen LogP contribution in [0.4, 0.5) is 5.69 Å². The van der Waals surface area contributed by atoms with Crippen LogP contribution in [0.3, 0.4) is 0 Å². The number of thioether (sulfide) groups is 1. The van der Waals surface area contributed by atoms with E-state index in [0.29, 0.717) is 21.7 Å². The molecule has 0 bridgehead atoms. The highest BCUT2D eigenvalue weighted by Crippen LogP contribution is 2.22. The minimum atomic E-state index is -0.117. The van der Waals surface area contributed by atoms with E-state index in [0.717, 1.165) is 5.56 Å². The van der Waals surface area contributed by atoms with Crippen LogP contribution in [0.5, 0.6) is 0 Å². The second kappa shape index (κ2) is 7.46. The number of hydrogen-bond donors (Lipinski definition) is 1. The summed E-state index contributed by atoms with van der Waals surface area (Å²) in [5.41, 5.74) is 1.59. The molecule has 8 heteroatoms. The smallest absolute Gasteiger partial charge is 0.234 e. The summed E-state index contributed by atoms with van der Waals surface area (Å²) in [6, 6.07) is 10.7. The van der Waals surface area contributed by atoms with Gasteiger partial charge in [-0.15, -0.1) is 10.2 Å². The fraction of sp³-hybridized carbons (Fsp3) is 0.125. The van der Waals surface area contributed by atoms with Crippen LogP contribution in [0.25, 0.3) is 11.4 Å². The molecule has 1 N–H and O–H groups in total. The Balaban J connectivity index is 1.62. The number of anilines is 1. The molecule has 0 aliphatic carbocycles. The first-order chi connectivity index (χ1) is 11.6. The summed E-state index contributed by atoms with van der Waals surface area (Å²) in [7, 11) is 1.86. The van der Waals surface area contributed by atoms with Crippen molar-refractivity contribution in [2.75, 3.05) is 11.1 Å². The lowest BCUT2D eigenvalue weighted by Crippen LogP contribution is -2.14. The molecule has 24 heavy (non-hydrogen) atoms. The Labute approximate surface area is 148 Å². The third-order valence-corrected chi connectivity index (χ3v) is 4.49. The predicted octanol–water partition coefficient (Wildman–Crippen LogP) is 3.26. The summed E-state index contributed by atoms with van der Waals surface area (Å²) >= 11 is 7.14. The Kier molecular flexibility index (Phi) is 5.12. The van der Waals surface area contributed by atoms with Crippen molar-refractivity contribution in [2.45, 2.75) is 5.16 Å². The number of benzene rings is 1. The number of rotatable bonds is 5. The molecule has 0 atom stereocenters. The van der Waals surface area contributed by atoms with Gasteiger partial charge in [-0.05, 0) is 36.4 Å². The van der Waals surface area contributed by atoms with Gasteiger partial charge in [0.1, 0.15) is 0 Å². The Morgan fingerprint density at radius 2 is 2.04 bits per heavy atom. The maximum absolute atomic E-state index is 12.0. The lowest BCUT2D eigenvalue weighted by atomic mass is 10.3. The third kappa shape index (κ3) is 3.93. The van der Waals surface area contributed by atoms with Crippen molar-refractivity contribution >= 4 is 35.0 Å². The second-order valence-corrected chi connectivity index (χ2v) is 6.33. The van der Waals surface area contributed by atoms with Crippen molar-refractivity contribution in [3.05, 3.63) is 53.8 Å². The van der Waals surface area contributed by atoms with Gasteiger partial charge in [0.15, 0.2) is 11.0 Å². The van der Waals surface area contributed by atoms with Crippen molar-refractivity contribution < 1.29 is 4.79 Å². The molecule has 3 rings (SSSR count). The molecule has 2 heterocycles. The van der Waals surface area contributed by atoms with Crippen LogP contribution in [-0.2, 0) is 11.8 Å². The van der Waals surface area contributed by atoms with Gasteiger partial charge < -0.3 is 9.88 Å². The van der Waals surface area contributed by atoms with E-state index in [4.69, 9.17) is 11.6 Å². The maximum Gasteiger partial charge on any atom is 0.234 e. The first-order valence-corrected chi connectivity index (χ1v) is 8.48. The molecule has 0 aliphatic heterocycles. The molecule has 0 fully saturated rings. The maximum atomic E-state index is 12.0. The van der Waals surface area contributed by atoms with E-state index < -0.39 is 0 Å². The molecule has 0 radical (unpaired) electrons. The molecule has 1 amide bonds. The fourth-order valence-corrected chi connectivity index (χ4v) is 2.88. The van der Waals surface area contributed by atoms with Crippen molar-refractivity contribution in [3.8, 4) is 11.4 Å². The molecule has 0 saturated heterocycles. The van der Waals surface area contributed by atoms with Gasteiger partial charge in [-0.3, -0.25) is 9.78 Å². The number of halogens is 1. The molecule has 0 spiro atoms. The van der Waals surface area contributed by atoms with E-state index in [2.05, 4.69) is 20.5 Å². The second-order valence-electron chi connectivity index (χ2n) is 4.95. The molecule has 6 nitrogen and oxygen atoms in total. The summed E-state index contributed by atoms with van der Waals surface area (Å²) in [6.45, 7) is 0. The van der Waals surface area contributed by atoms with Gasteiger partial charge >= 0.3 is 0 Å². The molecule has 122 valence electrons. The normalized spacial score (nSPS) is 10.6. The minimum Gasteiger partial charge on any atom is -0.325 e. The van der Waals surface area contributed by atoms with E-state index in [9.17, 15) is 4.79 Å². The van der Waals surface area contributed by atoms with E-state index in [-0.39, 0.29) is 11.7 Å². The Hall–Kier alpha value is -2.38. The van der Waals surface area contributed by atoms with Crippen LogP contribution in [-0.4, -0.2) is 31.4 Å². The van der Waals surface area contributed by atoms with E-state index in [1.807, 2.05) is 23.7 Å². The van der Waals surface area contributed by atoms with Crippen molar-refractivity contribution in [2.24, 2.45) is 7.05 Å². The van der Waals surface area contributed by atoms with Gasteiger partial charge in [0.2, 0.25) is 5.91 Å². The van der Waals surface area contributed by atoms with E-state index in [1.54, 1.807) is 36.7 Å². The molecule has 0 unspecified atom stereocenters. The van der Waals surface area contributed by atoms with Crippen molar-refractivity contribution in [1.29, 1.82) is 0 Å². The number of nitrogens with one attached hydrogen (secondary N) is 1. The van der Waals surface area contributed by atoms with Gasteiger partial charge in [0.25, 0.3) is 0 Å². The Morgan fingerprint density at radius 3 is 2.75 bits per heavy atom. The van der Waals surface area contributed by atoms with Crippen LogP contribution in [0.2, 0.25) is 5.02 Å². The lowest BCUT2D eigenvalue weighted by Gasteiger charge is -2.05. The Bertz CT molecular complexity index is 835. The van der Waals surface area contributed by atoms with E-state index >= 15 is 0 Å². The summed E-state index contributed by atoms with van der Waals surface area (Å²) in [4.78, 5) is 16.1. The average Bonchev–Trinajstić information content (AvgIpc) is 2.97. The zero-order valence-corrected chi connectivity index (χ0v) is 14.4. The van der Waals surface area contributed by atoms with Gasteiger partial charge in [-0.25, -0.2) is 0 Å². The first kappa shape index (κ1) is 16.5. The number of nitrogens with zero attached hydrogens (tertiary/aromatic N) is 4. The summed E-state index contributed by atoms with van der Waals surface area (Å²) in [6.07, 6.45) is 3.43. The highest BCUT2D eigenvalue weighted by molar-refractivity contribution is 7.99. The fourth-order valence-electron chi connectivity index (χ4n) is 2.05. The number of amides is 1. The first-order valence-electron chi connectivity index (χ1n) is 7.11. The monoisotopic (exact) mass is 359 g/mol. The van der Waals surface area contributed by atoms with Crippen molar-refractivity contribution in [1.82, 2.24) is 19.7 Å². The summed E-state index contributed by atoms with van der Waals surface area (Å²) in [5.74, 6) is 0.832. The SMILES string of the molecule is Cn1c(SCC(=O)Nc2ccc(Cl)cc2)nnc1-c1cccnc1. The highest BCUT2D eigenvalue weighted by atomic mass is 35.5. The average molecular weight is 360 g/mol. The van der Waals surface area contributed by atoms with Gasteiger partial charge in [-0.1, -0.05) is 23.4 Å². The zero-order valence-electron chi connectivity index (χ0n) is 12.8. The van der Waals surface area contributed by atoms with Crippen LogP contribution < -0.4 is 5.32 Å². The van der Waals surface area contributed by atoms with Crippen LogP contribution in [0, 0.1) is 0 Å². The van der Waals surface area contributed by atoms with Gasteiger partial charge in [-0.2, -0.15) is 0 Å². The highest BCUT2D eigenvalue weighted by Gasteiger charge is 2.13. The van der Waals surface area contributed by atoms with Crippen LogP contribution in [0.15, 0.2) is 53.9 Å². The molecule has 0 aliphatic rings. The molecule has 0 saturated carbocycles. The number of carbonyl (C=O) groups excluding carboxylic acids is 1. The van der Waals surface area contributed by atoms with Gasteiger partial charge in [0, 0.05) is 35.7 Å². The number of carbonyl (C=O) groups is 1. The zero-order chi connectivity index (χ0) is 16.9. The predicted molar refractivity (Wildman–Crippen MR) is 95.0 cm³/mol. The quantitative estimate of drug-likeness (QED) is 0.708. The molecule has 3 aromatic rings. The number of hydrogen-bond acceptors (Lipinski definition) is 5. The van der Waals surface area contributed by atoms with E-state index in [1.165, 1.54) is 11.8 Å². The van der Waals surface area contributed by atoms with Crippen molar-refractivity contribution in [3.63, 3.8) is 0 Å². The molecule has 2 aromatic heterocycles. The number of pyridine rings is 1. The largest absolute Gasteiger partial charge is 0.325 e. The summed E-state index contributed by atoms with van der Waals surface area (Å²) in [5, 5.41) is 12.4. The minimum absolute atomic E-state index is 0.117. The van der Waals surface area contributed by atoms with Gasteiger partial charge in [0.05, 0.1) is 5.75 Å².